The highest BCUT2D eigenvalue weighted by atomic mass is 19.2. The minimum atomic E-state index is -0.860. The molecule has 1 aromatic heterocycles. The van der Waals surface area contributed by atoms with Crippen LogP contribution in [0.4, 0.5) is 13.6 Å². The minimum Gasteiger partial charge on any atom is -0.336 e. The number of aryl methyl sites for hydroxylation is 1. The Bertz CT molecular complexity index is 647. The average Bonchev–Trinajstić information content (AvgIpc) is 3.02. The van der Waals surface area contributed by atoms with E-state index in [0.717, 1.165) is 6.07 Å². The number of hydrogen-bond acceptors (Lipinski definition) is 3. The van der Waals surface area contributed by atoms with Crippen molar-refractivity contribution in [1.29, 1.82) is 0 Å². The molecule has 2 aromatic rings. The van der Waals surface area contributed by atoms with Gasteiger partial charge in [-0.1, -0.05) is 6.07 Å². The summed E-state index contributed by atoms with van der Waals surface area (Å²) in [5, 5.41) is 11.9. The second kappa shape index (κ2) is 7.66. The lowest BCUT2D eigenvalue weighted by molar-refractivity contribution is 0.233. The molecule has 0 saturated carbocycles. The summed E-state index contributed by atoms with van der Waals surface area (Å²) in [6.07, 6.45) is 2.52. The van der Waals surface area contributed by atoms with Gasteiger partial charge in [0.05, 0.1) is 6.04 Å². The van der Waals surface area contributed by atoms with Crippen molar-refractivity contribution in [2.75, 3.05) is 0 Å². The normalized spacial score (nSPS) is 13.4. The fraction of sp³-hybridized carbons (Fsp3) is 0.400. The number of aromatic amines is 1. The number of carbonyl (C=O) groups excluding carboxylic acids is 1. The first kappa shape index (κ1) is 16.9. The minimum absolute atomic E-state index is 0.120. The molecule has 0 fully saturated rings. The van der Waals surface area contributed by atoms with Crippen molar-refractivity contribution in [1.82, 2.24) is 25.8 Å². The topological polar surface area (TPSA) is 82.7 Å². The number of H-pyrrole nitrogens is 1. The van der Waals surface area contributed by atoms with Crippen LogP contribution in [0, 0.1) is 11.6 Å². The third-order valence-corrected chi connectivity index (χ3v) is 3.42. The van der Waals surface area contributed by atoms with E-state index in [-0.39, 0.29) is 18.1 Å². The number of nitrogens with one attached hydrogen (secondary N) is 3. The first-order chi connectivity index (χ1) is 11.0. The Morgan fingerprint density at radius 2 is 2.04 bits per heavy atom. The Hall–Kier alpha value is -2.51. The van der Waals surface area contributed by atoms with Gasteiger partial charge in [0.15, 0.2) is 11.6 Å². The summed E-state index contributed by atoms with van der Waals surface area (Å²) in [6, 6.07) is 3.08. The van der Waals surface area contributed by atoms with Gasteiger partial charge in [-0.25, -0.2) is 18.6 Å². The Morgan fingerprint density at radius 1 is 1.26 bits per heavy atom. The second-order valence-electron chi connectivity index (χ2n) is 5.40. The molecule has 6 nitrogen and oxygen atoms in total. The van der Waals surface area contributed by atoms with Gasteiger partial charge in [0.2, 0.25) is 0 Å². The standard InChI is InChI=1S/C15H19F2N5O/c1-9(3-4-11-5-6-12(16)13(17)7-11)20-15(23)21-10(2)14-18-8-19-22-14/h5-10H,3-4H2,1-2H3,(H,18,19,22)(H2,20,21,23). The first-order valence-corrected chi connectivity index (χ1v) is 7.32. The molecule has 0 saturated heterocycles. The van der Waals surface area contributed by atoms with Gasteiger partial charge in [0, 0.05) is 6.04 Å². The summed E-state index contributed by atoms with van der Waals surface area (Å²) >= 11 is 0. The van der Waals surface area contributed by atoms with Crippen molar-refractivity contribution in [2.45, 2.75) is 38.8 Å². The van der Waals surface area contributed by atoms with E-state index >= 15 is 0 Å². The monoisotopic (exact) mass is 323 g/mol. The van der Waals surface area contributed by atoms with Crippen LogP contribution in [0.25, 0.3) is 0 Å². The zero-order valence-corrected chi connectivity index (χ0v) is 12.9. The van der Waals surface area contributed by atoms with Crippen molar-refractivity contribution in [2.24, 2.45) is 0 Å². The van der Waals surface area contributed by atoms with Crippen LogP contribution < -0.4 is 10.6 Å². The molecule has 2 atom stereocenters. The third-order valence-electron chi connectivity index (χ3n) is 3.42. The first-order valence-electron chi connectivity index (χ1n) is 7.32. The molecule has 8 heteroatoms. The number of nitrogens with zero attached hydrogens (tertiary/aromatic N) is 2. The Morgan fingerprint density at radius 3 is 2.70 bits per heavy atom. The molecule has 2 unspecified atom stereocenters. The fourth-order valence-corrected chi connectivity index (χ4v) is 2.10. The summed E-state index contributed by atoms with van der Waals surface area (Å²) in [6.45, 7) is 3.63. The molecule has 124 valence electrons. The molecule has 1 heterocycles. The van der Waals surface area contributed by atoms with Gasteiger partial charge in [-0.15, -0.1) is 0 Å². The molecule has 2 rings (SSSR count). The van der Waals surface area contributed by atoms with Gasteiger partial charge in [0.25, 0.3) is 0 Å². The Labute approximate surface area is 132 Å². The van der Waals surface area contributed by atoms with Gasteiger partial charge in [0.1, 0.15) is 12.2 Å². The Balaban J connectivity index is 1.76. The molecule has 0 aliphatic rings. The van der Waals surface area contributed by atoms with Crippen LogP contribution in [-0.4, -0.2) is 27.3 Å². The molecule has 2 amide bonds. The lowest BCUT2D eigenvalue weighted by Gasteiger charge is -2.17. The molecule has 0 aliphatic heterocycles. The molecular formula is C15H19F2N5O. The highest BCUT2D eigenvalue weighted by Crippen LogP contribution is 2.11. The summed E-state index contributed by atoms with van der Waals surface area (Å²) in [7, 11) is 0. The van der Waals surface area contributed by atoms with Crippen LogP contribution in [-0.2, 0) is 6.42 Å². The van der Waals surface area contributed by atoms with E-state index in [9.17, 15) is 13.6 Å². The van der Waals surface area contributed by atoms with Crippen LogP contribution >= 0.6 is 0 Å². The maximum absolute atomic E-state index is 13.1. The van der Waals surface area contributed by atoms with Crippen LogP contribution in [0.15, 0.2) is 24.5 Å². The number of hydrogen-bond donors (Lipinski definition) is 3. The second-order valence-corrected chi connectivity index (χ2v) is 5.40. The van der Waals surface area contributed by atoms with Gasteiger partial charge >= 0.3 is 6.03 Å². The lowest BCUT2D eigenvalue weighted by Crippen LogP contribution is -2.42. The number of carbonyl (C=O) groups is 1. The number of urea groups is 1. The Kier molecular flexibility index (Phi) is 5.61. The number of aromatic nitrogens is 3. The predicted octanol–water partition coefficient (Wildman–Crippen LogP) is 2.46. The summed E-state index contributed by atoms with van der Waals surface area (Å²) < 4.78 is 26.0. The quantitative estimate of drug-likeness (QED) is 0.763. The van der Waals surface area contributed by atoms with Gasteiger partial charge in [-0.05, 0) is 44.4 Å². The smallest absolute Gasteiger partial charge is 0.315 e. The highest BCUT2D eigenvalue weighted by molar-refractivity contribution is 5.74. The zero-order chi connectivity index (χ0) is 16.8. The van der Waals surface area contributed by atoms with Crippen molar-refractivity contribution in [3.8, 4) is 0 Å². The average molecular weight is 323 g/mol. The number of rotatable bonds is 6. The molecule has 0 bridgehead atoms. The summed E-state index contributed by atoms with van der Waals surface area (Å²) in [4.78, 5) is 15.8. The van der Waals surface area contributed by atoms with E-state index in [1.807, 2.05) is 6.92 Å². The van der Waals surface area contributed by atoms with Gasteiger partial charge in [-0.3, -0.25) is 5.10 Å². The third kappa shape index (κ3) is 5.01. The van der Waals surface area contributed by atoms with Crippen molar-refractivity contribution >= 4 is 6.03 Å². The molecule has 0 radical (unpaired) electrons. The molecule has 0 spiro atoms. The van der Waals surface area contributed by atoms with Gasteiger partial charge < -0.3 is 10.6 Å². The molecule has 23 heavy (non-hydrogen) atoms. The van der Waals surface area contributed by atoms with E-state index in [2.05, 4.69) is 25.8 Å². The maximum atomic E-state index is 13.1. The number of halogens is 2. The highest BCUT2D eigenvalue weighted by Gasteiger charge is 2.13. The van der Waals surface area contributed by atoms with Crippen LogP contribution in [0.1, 0.15) is 37.7 Å². The lowest BCUT2D eigenvalue weighted by atomic mass is 10.1. The van der Waals surface area contributed by atoms with E-state index in [1.54, 1.807) is 6.92 Å². The summed E-state index contributed by atoms with van der Waals surface area (Å²) in [5.41, 5.74) is 0.688. The molecule has 1 aromatic carbocycles. The maximum Gasteiger partial charge on any atom is 0.315 e. The predicted molar refractivity (Wildman–Crippen MR) is 80.6 cm³/mol. The van der Waals surface area contributed by atoms with Crippen molar-refractivity contribution in [3.05, 3.63) is 47.5 Å². The molecular weight excluding hydrogens is 304 g/mol. The van der Waals surface area contributed by atoms with Crippen LogP contribution in [0.5, 0.6) is 0 Å². The van der Waals surface area contributed by atoms with Crippen molar-refractivity contribution < 1.29 is 13.6 Å². The number of benzene rings is 1. The molecule has 0 aliphatic carbocycles. The van der Waals surface area contributed by atoms with E-state index < -0.39 is 11.6 Å². The van der Waals surface area contributed by atoms with E-state index in [4.69, 9.17) is 0 Å². The molecule has 3 N–H and O–H groups in total. The van der Waals surface area contributed by atoms with E-state index in [1.165, 1.54) is 18.5 Å². The van der Waals surface area contributed by atoms with Crippen molar-refractivity contribution in [3.63, 3.8) is 0 Å². The van der Waals surface area contributed by atoms with E-state index in [0.29, 0.717) is 24.2 Å². The van der Waals surface area contributed by atoms with Crippen LogP contribution in [0.3, 0.4) is 0 Å². The largest absolute Gasteiger partial charge is 0.336 e. The SMILES string of the molecule is CC(CCc1ccc(F)c(F)c1)NC(=O)NC(C)c1ncn[nH]1. The van der Waals surface area contributed by atoms with Crippen LogP contribution in [0.2, 0.25) is 0 Å². The van der Waals surface area contributed by atoms with Gasteiger partial charge in [-0.2, -0.15) is 5.10 Å². The zero-order valence-electron chi connectivity index (χ0n) is 12.9. The number of amides is 2. The summed E-state index contributed by atoms with van der Waals surface area (Å²) in [5.74, 6) is -1.16. The fourth-order valence-electron chi connectivity index (χ4n) is 2.10.